The van der Waals surface area contributed by atoms with Crippen LogP contribution in [0.3, 0.4) is 0 Å². The molecule has 0 bridgehead atoms. The summed E-state index contributed by atoms with van der Waals surface area (Å²) in [5.74, 6) is 1.57. The van der Waals surface area contributed by atoms with Crippen molar-refractivity contribution in [2.45, 2.75) is 38.3 Å². The molecule has 0 aromatic heterocycles. The molecule has 2 saturated heterocycles. The summed E-state index contributed by atoms with van der Waals surface area (Å²) < 4.78 is 5.22. The number of halogens is 1. The summed E-state index contributed by atoms with van der Waals surface area (Å²) in [5.41, 5.74) is 1.28. The second kappa shape index (κ2) is 6.99. The zero-order chi connectivity index (χ0) is 14.7. The molecule has 0 aliphatic carbocycles. The summed E-state index contributed by atoms with van der Waals surface area (Å²) >= 11 is 6.23. The Kier molecular flexibility index (Phi) is 5.04. The predicted octanol–water partition coefficient (Wildman–Crippen LogP) is 3.31. The number of piperidine rings is 1. The molecule has 2 fully saturated rings. The molecule has 1 N–H and O–H groups in total. The topological polar surface area (TPSA) is 24.5 Å². The molecule has 4 heteroatoms. The molecule has 116 valence electrons. The Morgan fingerprint density at radius 2 is 2.24 bits per heavy atom. The van der Waals surface area contributed by atoms with Gasteiger partial charge in [-0.1, -0.05) is 17.7 Å². The van der Waals surface area contributed by atoms with E-state index in [1.807, 2.05) is 12.1 Å². The Balaban J connectivity index is 1.60. The second-order valence-corrected chi connectivity index (χ2v) is 6.72. The first-order chi connectivity index (χ1) is 10.3. The van der Waals surface area contributed by atoms with Crippen LogP contribution in [0, 0.1) is 5.92 Å². The predicted molar refractivity (Wildman–Crippen MR) is 87.0 cm³/mol. The van der Waals surface area contributed by atoms with Crippen LogP contribution < -0.4 is 10.1 Å². The van der Waals surface area contributed by atoms with Gasteiger partial charge >= 0.3 is 0 Å². The number of nitrogens with one attached hydrogen (secondary N) is 1. The van der Waals surface area contributed by atoms with Crippen molar-refractivity contribution in [1.29, 1.82) is 0 Å². The minimum absolute atomic E-state index is 0.709. The molecule has 3 nitrogen and oxygen atoms in total. The molecular weight excluding hydrogens is 284 g/mol. The lowest BCUT2D eigenvalue weighted by Crippen LogP contribution is -2.43. The van der Waals surface area contributed by atoms with E-state index in [9.17, 15) is 0 Å². The molecule has 2 unspecified atom stereocenters. The number of likely N-dealkylation sites (tertiary alicyclic amines) is 1. The summed E-state index contributed by atoms with van der Waals surface area (Å²) in [6.45, 7) is 4.61. The third-order valence-corrected chi connectivity index (χ3v) is 5.13. The highest BCUT2D eigenvalue weighted by Gasteiger charge is 2.28. The molecule has 2 heterocycles. The average Bonchev–Trinajstić information content (AvgIpc) is 3.02. The standard InChI is InChI=1S/C17H25ClN2O/c1-21-17-7-6-13(10-15(17)18)11-20-9-3-4-14(12-20)16-5-2-8-19-16/h6-7,10,14,16,19H,2-5,8-9,11-12H2,1H3. The van der Waals surface area contributed by atoms with Crippen LogP contribution in [0.25, 0.3) is 0 Å². The van der Waals surface area contributed by atoms with Crippen molar-refractivity contribution in [2.75, 3.05) is 26.7 Å². The first kappa shape index (κ1) is 15.1. The lowest BCUT2D eigenvalue weighted by atomic mass is 9.89. The third-order valence-electron chi connectivity index (χ3n) is 4.83. The molecule has 0 amide bonds. The lowest BCUT2D eigenvalue weighted by molar-refractivity contribution is 0.145. The van der Waals surface area contributed by atoms with Crippen molar-refractivity contribution in [2.24, 2.45) is 5.92 Å². The highest BCUT2D eigenvalue weighted by atomic mass is 35.5. The normalized spacial score (nSPS) is 27.0. The van der Waals surface area contributed by atoms with Crippen molar-refractivity contribution in [1.82, 2.24) is 10.2 Å². The fourth-order valence-electron chi connectivity index (χ4n) is 3.74. The largest absolute Gasteiger partial charge is 0.495 e. The van der Waals surface area contributed by atoms with E-state index >= 15 is 0 Å². The Morgan fingerprint density at radius 1 is 1.33 bits per heavy atom. The zero-order valence-electron chi connectivity index (χ0n) is 12.8. The third kappa shape index (κ3) is 3.71. The van der Waals surface area contributed by atoms with Crippen LogP contribution in [0.2, 0.25) is 5.02 Å². The fourth-order valence-corrected chi connectivity index (χ4v) is 4.02. The molecule has 0 spiro atoms. The summed E-state index contributed by atoms with van der Waals surface area (Å²) in [6, 6.07) is 6.88. The number of hydrogen-bond donors (Lipinski definition) is 1. The van der Waals surface area contributed by atoms with E-state index in [1.165, 1.54) is 50.9 Å². The molecule has 3 rings (SSSR count). The van der Waals surface area contributed by atoms with E-state index in [0.717, 1.165) is 24.3 Å². The van der Waals surface area contributed by atoms with Gasteiger partial charge in [0.1, 0.15) is 5.75 Å². The maximum absolute atomic E-state index is 6.23. The van der Waals surface area contributed by atoms with Crippen LogP contribution in [0.15, 0.2) is 18.2 Å². The maximum atomic E-state index is 6.23. The molecule has 2 aliphatic heterocycles. The minimum atomic E-state index is 0.709. The number of hydrogen-bond acceptors (Lipinski definition) is 3. The Morgan fingerprint density at radius 3 is 2.95 bits per heavy atom. The smallest absolute Gasteiger partial charge is 0.137 e. The van der Waals surface area contributed by atoms with Gasteiger partial charge in [-0.2, -0.15) is 0 Å². The zero-order valence-corrected chi connectivity index (χ0v) is 13.5. The van der Waals surface area contributed by atoms with E-state index < -0.39 is 0 Å². The summed E-state index contributed by atoms with van der Waals surface area (Å²) in [5, 5.41) is 4.38. The van der Waals surface area contributed by atoms with Crippen LogP contribution in [0.4, 0.5) is 0 Å². The van der Waals surface area contributed by atoms with Gasteiger partial charge in [-0.05, 0) is 62.4 Å². The van der Waals surface area contributed by atoms with Crippen LogP contribution in [0.1, 0.15) is 31.2 Å². The van der Waals surface area contributed by atoms with Gasteiger partial charge in [0, 0.05) is 19.1 Å². The van der Waals surface area contributed by atoms with Gasteiger partial charge in [0.15, 0.2) is 0 Å². The molecule has 1 aromatic rings. The van der Waals surface area contributed by atoms with Gasteiger partial charge in [0.25, 0.3) is 0 Å². The van der Waals surface area contributed by atoms with Gasteiger partial charge < -0.3 is 10.1 Å². The molecular formula is C17H25ClN2O. The minimum Gasteiger partial charge on any atom is -0.495 e. The van der Waals surface area contributed by atoms with Crippen molar-refractivity contribution < 1.29 is 4.74 Å². The SMILES string of the molecule is COc1ccc(CN2CCCC(C3CCCN3)C2)cc1Cl. The fraction of sp³-hybridized carbons (Fsp3) is 0.647. The van der Waals surface area contributed by atoms with Crippen molar-refractivity contribution in [3.8, 4) is 5.75 Å². The number of nitrogens with zero attached hydrogens (tertiary/aromatic N) is 1. The van der Waals surface area contributed by atoms with Gasteiger partial charge in [-0.15, -0.1) is 0 Å². The van der Waals surface area contributed by atoms with Crippen molar-refractivity contribution >= 4 is 11.6 Å². The summed E-state index contributed by atoms with van der Waals surface area (Å²) in [4.78, 5) is 2.58. The second-order valence-electron chi connectivity index (χ2n) is 6.31. The molecule has 0 saturated carbocycles. The van der Waals surface area contributed by atoms with Crippen molar-refractivity contribution in [3.05, 3.63) is 28.8 Å². The van der Waals surface area contributed by atoms with Crippen LogP contribution in [0.5, 0.6) is 5.75 Å². The summed E-state index contributed by atoms with van der Waals surface area (Å²) in [6.07, 6.45) is 5.38. The molecule has 1 aromatic carbocycles. The van der Waals surface area contributed by atoms with E-state index in [0.29, 0.717) is 5.02 Å². The molecule has 2 atom stereocenters. The summed E-state index contributed by atoms with van der Waals surface area (Å²) in [7, 11) is 1.66. The number of rotatable bonds is 4. The number of benzene rings is 1. The van der Waals surface area contributed by atoms with Crippen LogP contribution >= 0.6 is 11.6 Å². The van der Waals surface area contributed by atoms with Gasteiger partial charge in [-0.25, -0.2) is 0 Å². The number of ether oxygens (including phenoxy) is 1. The first-order valence-corrected chi connectivity index (χ1v) is 8.42. The highest BCUT2D eigenvalue weighted by Crippen LogP contribution is 2.28. The Bertz CT molecular complexity index is 474. The van der Waals surface area contributed by atoms with E-state index in [-0.39, 0.29) is 0 Å². The van der Waals surface area contributed by atoms with E-state index in [1.54, 1.807) is 7.11 Å². The molecule has 2 aliphatic rings. The quantitative estimate of drug-likeness (QED) is 0.923. The lowest BCUT2D eigenvalue weighted by Gasteiger charge is -2.35. The molecule has 0 radical (unpaired) electrons. The average molecular weight is 309 g/mol. The highest BCUT2D eigenvalue weighted by molar-refractivity contribution is 6.32. The maximum Gasteiger partial charge on any atom is 0.137 e. The van der Waals surface area contributed by atoms with Crippen LogP contribution in [-0.4, -0.2) is 37.7 Å². The van der Waals surface area contributed by atoms with Gasteiger partial charge in [-0.3, -0.25) is 4.90 Å². The molecule has 21 heavy (non-hydrogen) atoms. The Labute approximate surface area is 132 Å². The Hall–Kier alpha value is -0.770. The van der Waals surface area contributed by atoms with Gasteiger partial charge in [0.05, 0.1) is 12.1 Å². The van der Waals surface area contributed by atoms with E-state index in [4.69, 9.17) is 16.3 Å². The van der Waals surface area contributed by atoms with Crippen LogP contribution in [-0.2, 0) is 6.54 Å². The van der Waals surface area contributed by atoms with Crippen molar-refractivity contribution in [3.63, 3.8) is 0 Å². The monoisotopic (exact) mass is 308 g/mol. The number of methoxy groups -OCH3 is 1. The van der Waals surface area contributed by atoms with Gasteiger partial charge in [0.2, 0.25) is 0 Å². The first-order valence-electron chi connectivity index (χ1n) is 8.04. The van der Waals surface area contributed by atoms with E-state index in [2.05, 4.69) is 16.3 Å².